The minimum atomic E-state index is -0.483. The smallest absolute Gasteiger partial charge is 0.157 e. The third-order valence-corrected chi connectivity index (χ3v) is 7.83. The van der Waals surface area contributed by atoms with Crippen LogP contribution < -0.4 is 4.74 Å². The number of carbonyl (C=O) groups is 2. The van der Waals surface area contributed by atoms with Gasteiger partial charge in [-0.05, 0) is 55.3 Å². The maximum Gasteiger partial charge on any atom is 0.157 e. The number of hydrogen-bond acceptors (Lipinski definition) is 5. The lowest BCUT2D eigenvalue weighted by Gasteiger charge is -2.66. The molecule has 3 saturated carbocycles. The van der Waals surface area contributed by atoms with E-state index in [9.17, 15) is 19.8 Å². The van der Waals surface area contributed by atoms with E-state index in [4.69, 9.17) is 4.74 Å². The minimum Gasteiger partial charge on any atom is -0.507 e. The van der Waals surface area contributed by atoms with Crippen molar-refractivity contribution in [2.75, 3.05) is 0 Å². The molecular weight excluding hydrogens is 356 g/mol. The predicted molar refractivity (Wildman–Crippen MR) is 105 cm³/mol. The van der Waals surface area contributed by atoms with Gasteiger partial charge in [-0.25, -0.2) is 0 Å². The van der Waals surface area contributed by atoms with Crippen LogP contribution in [0.1, 0.15) is 92.0 Å². The van der Waals surface area contributed by atoms with Crippen LogP contribution in [0.2, 0.25) is 0 Å². The van der Waals surface area contributed by atoms with Gasteiger partial charge >= 0.3 is 0 Å². The summed E-state index contributed by atoms with van der Waals surface area (Å²) in [6, 6.07) is 0. The molecule has 1 heterocycles. The van der Waals surface area contributed by atoms with Crippen LogP contribution in [-0.4, -0.2) is 28.4 Å². The topological polar surface area (TPSA) is 83.8 Å². The fraction of sp³-hybridized carbons (Fsp3) is 0.652. The van der Waals surface area contributed by atoms with E-state index >= 15 is 0 Å². The van der Waals surface area contributed by atoms with Gasteiger partial charge in [0.25, 0.3) is 0 Å². The first-order valence-electron chi connectivity index (χ1n) is 10.4. The van der Waals surface area contributed by atoms with Crippen molar-refractivity contribution in [3.8, 4) is 17.2 Å². The Morgan fingerprint density at radius 1 is 1.14 bits per heavy atom. The first kappa shape index (κ1) is 19.3. The molecule has 2 bridgehead atoms. The van der Waals surface area contributed by atoms with Crippen molar-refractivity contribution < 1.29 is 24.5 Å². The Balaban J connectivity index is 1.91. The lowest BCUT2D eigenvalue weighted by atomic mass is 9.42. The molecule has 0 radical (unpaired) electrons. The number of carbonyl (C=O) groups excluding carboxylic acids is 2. The van der Waals surface area contributed by atoms with Crippen LogP contribution in [0.3, 0.4) is 0 Å². The van der Waals surface area contributed by atoms with Crippen molar-refractivity contribution >= 4 is 12.6 Å². The highest BCUT2D eigenvalue weighted by Gasteiger charge is 2.64. The van der Waals surface area contributed by atoms with E-state index in [1.54, 1.807) is 0 Å². The van der Waals surface area contributed by atoms with Gasteiger partial charge in [0.1, 0.15) is 22.8 Å². The summed E-state index contributed by atoms with van der Waals surface area (Å²) in [7, 11) is 0. The van der Waals surface area contributed by atoms with E-state index in [0.29, 0.717) is 35.9 Å². The van der Waals surface area contributed by atoms with Gasteiger partial charge in [0, 0.05) is 11.5 Å². The Bertz CT molecular complexity index is 838. The first-order chi connectivity index (χ1) is 13.2. The highest BCUT2D eigenvalue weighted by Crippen LogP contribution is 2.67. The van der Waals surface area contributed by atoms with Gasteiger partial charge in [0.05, 0.1) is 11.1 Å². The number of aromatic hydroxyl groups is 2. The molecule has 5 nitrogen and oxygen atoms in total. The molecule has 0 aromatic heterocycles. The van der Waals surface area contributed by atoms with Crippen LogP contribution in [0.15, 0.2) is 0 Å². The molecule has 0 saturated heterocycles. The van der Waals surface area contributed by atoms with Gasteiger partial charge in [-0.15, -0.1) is 0 Å². The number of phenolic OH excluding ortho intramolecular Hbond substituents is 2. The summed E-state index contributed by atoms with van der Waals surface area (Å²) in [6.07, 6.45) is 5.69. The fourth-order valence-corrected chi connectivity index (χ4v) is 6.36. The van der Waals surface area contributed by atoms with E-state index in [0.717, 1.165) is 32.1 Å². The van der Waals surface area contributed by atoms with E-state index in [1.807, 2.05) is 0 Å². The summed E-state index contributed by atoms with van der Waals surface area (Å²) in [5.41, 5.74) is 0.0839. The van der Waals surface area contributed by atoms with Gasteiger partial charge in [-0.3, -0.25) is 9.59 Å². The summed E-state index contributed by atoms with van der Waals surface area (Å²) in [4.78, 5) is 23.4. The molecule has 152 valence electrons. The average Bonchev–Trinajstić information content (AvgIpc) is 2.61. The van der Waals surface area contributed by atoms with Crippen LogP contribution in [0.4, 0.5) is 0 Å². The number of ether oxygens (including phenoxy) is 1. The highest BCUT2D eigenvalue weighted by atomic mass is 16.5. The monoisotopic (exact) mass is 386 g/mol. The van der Waals surface area contributed by atoms with Gasteiger partial charge in [-0.1, -0.05) is 27.7 Å². The standard InChI is InChI=1S/C23H30O5/c1-12(2)7-13-9-23(6-5-14-8-17(23)22(14,3)4)28-21-16(11-25)19(26)15(10-24)20(27)18(13)21/h10-14,17,26-27H,5-9H2,1-4H3/t13-,14+,17-,23-/m1/s1. The number of benzene rings is 1. The second-order valence-corrected chi connectivity index (χ2v) is 10.0. The second kappa shape index (κ2) is 6.23. The zero-order valence-corrected chi connectivity index (χ0v) is 17.1. The molecule has 5 rings (SSSR count). The van der Waals surface area contributed by atoms with E-state index in [-0.39, 0.29) is 39.6 Å². The molecule has 1 aromatic carbocycles. The maximum atomic E-state index is 11.9. The van der Waals surface area contributed by atoms with E-state index < -0.39 is 5.75 Å². The second-order valence-electron chi connectivity index (χ2n) is 10.0. The number of fused-ring (bicyclic) bond motifs is 2. The Kier molecular flexibility index (Phi) is 4.29. The van der Waals surface area contributed by atoms with E-state index in [2.05, 4.69) is 27.7 Å². The van der Waals surface area contributed by atoms with Crippen molar-refractivity contribution in [1.29, 1.82) is 0 Å². The van der Waals surface area contributed by atoms with Crippen LogP contribution in [0, 0.1) is 23.2 Å². The molecule has 1 aliphatic heterocycles. The Labute approximate surface area is 166 Å². The number of phenols is 2. The van der Waals surface area contributed by atoms with E-state index in [1.165, 1.54) is 0 Å². The Morgan fingerprint density at radius 2 is 1.82 bits per heavy atom. The predicted octanol–water partition coefficient (Wildman–Crippen LogP) is 4.83. The molecule has 28 heavy (non-hydrogen) atoms. The van der Waals surface area contributed by atoms with Crippen LogP contribution >= 0.6 is 0 Å². The van der Waals surface area contributed by atoms with Crippen LogP contribution in [0.25, 0.3) is 0 Å². The summed E-state index contributed by atoms with van der Waals surface area (Å²) in [5, 5.41) is 21.3. The molecule has 2 N–H and O–H groups in total. The maximum absolute atomic E-state index is 11.9. The van der Waals surface area contributed by atoms with Crippen LogP contribution in [0.5, 0.6) is 17.2 Å². The molecule has 1 aromatic rings. The third kappa shape index (κ3) is 2.44. The normalized spacial score (nSPS) is 32.4. The summed E-state index contributed by atoms with van der Waals surface area (Å²) >= 11 is 0. The van der Waals surface area contributed by atoms with Gasteiger partial charge in [0.2, 0.25) is 0 Å². The molecule has 4 atom stereocenters. The van der Waals surface area contributed by atoms with Gasteiger partial charge in [-0.2, -0.15) is 0 Å². The van der Waals surface area contributed by atoms with Gasteiger partial charge < -0.3 is 14.9 Å². The van der Waals surface area contributed by atoms with Crippen molar-refractivity contribution in [2.24, 2.45) is 23.2 Å². The lowest BCUT2D eigenvalue weighted by molar-refractivity contribution is -0.199. The molecule has 5 heteroatoms. The van der Waals surface area contributed by atoms with Crippen molar-refractivity contribution in [2.45, 2.75) is 71.3 Å². The Hall–Kier alpha value is -2.04. The number of rotatable bonds is 4. The largest absolute Gasteiger partial charge is 0.507 e. The number of aldehydes is 2. The Morgan fingerprint density at radius 3 is 2.36 bits per heavy atom. The number of hydrogen-bond donors (Lipinski definition) is 2. The molecule has 3 aliphatic carbocycles. The molecule has 4 aliphatic rings. The molecule has 3 fully saturated rings. The SMILES string of the molecule is CC(C)C[C@@H]1C[C@@]2(CC[C@H]3C[C@@H]2C3(C)C)Oc2c(C=O)c(O)c(C=O)c(O)c21. The van der Waals surface area contributed by atoms with Gasteiger partial charge in [0.15, 0.2) is 12.6 Å². The zero-order valence-electron chi connectivity index (χ0n) is 17.1. The lowest BCUT2D eigenvalue weighted by Crippen LogP contribution is -2.65. The average molecular weight is 386 g/mol. The molecular formula is C23H30O5. The molecule has 0 unspecified atom stereocenters. The van der Waals surface area contributed by atoms with Crippen molar-refractivity contribution in [1.82, 2.24) is 0 Å². The zero-order chi connectivity index (χ0) is 20.4. The third-order valence-electron chi connectivity index (χ3n) is 7.83. The highest BCUT2D eigenvalue weighted by molar-refractivity contribution is 5.95. The molecule has 0 amide bonds. The van der Waals surface area contributed by atoms with Crippen LogP contribution in [-0.2, 0) is 0 Å². The minimum absolute atomic E-state index is 0.0121. The van der Waals surface area contributed by atoms with Crippen molar-refractivity contribution in [3.63, 3.8) is 0 Å². The summed E-state index contributed by atoms with van der Waals surface area (Å²) in [6.45, 7) is 8.86. The fourth-order valence-electron chi connectivity index (χ4n) is 6.36. The summed E-state index contributed by atoms with van der Waals surface area (Å²) in [5.74, 6) is 1.02. The quantitative estimate of drug-likeness (QED) is 0.724. The van der Waals surface area contributed by atoms with Crippen molar-refractivity contribution in [3.05, 3.63) is 16.7 Å². The summed E-state index contributed by atoms with van der Waals surface area (Å²) < 4.78 is 6.57. The first-order valence-corrected chi connectivity index (χ1v) is 10.4. The molecule has 1 spiro atoms.